The number of aromatic hydroxyl groups is 1. The Morgan fingerprint density at radius 1 is 1.00 bits per heavy atom. The third-order valence-electron chi connectivity index (χ3n) is 4.73. The minimum Gasteiger partial charge on any atom is -0.502 e. The van der Waals surface area contributed by atoms with Gasteiger partial charge in [-0.05, 0) is 42.0 Å². The molecule has 0 aliphatic carbocycles. The first-order chi connectivity index (χ1) is 13.3. The average Bonchev–Trinajstić information content (AvgIpc) is 2.70. The number of phenols is 1. The molecule has 1 heterocycles. The molecular weight excluding hydrogens is 387 g/mol. The van der Waals surface area contributed by atoms with E-state index in [2.05, 4.69) is 4.90 Å². The van der Waals surface area contributed by atoms with Crippen molar-refractivity contribution >= 4 is 10.0 Å². The van der Waals surface area contributed by atoms with Gasteiger partial charge in [0, 0.05) is 32.7 Å². The lowest BCUT2D eigenvalue weighted by atomic mass is 10.1. The molecule has 2 aromatic rings. The minimum atomic E-state index is -3.64. The summed E-state index contributed by atoms with van der Waals surface area (Å²) in [6.07, 6.45) is 0. The monoisotopic (exact) mass is 410 g/mol. The Labute approximate surface area is 164 Å². The molecule has 1 N–H and O–H groups in total. The van der Waals surface area contributed by atoms with Crippen LogP contribution in [0.1, 0.15) is 5.56 Å². The molecule has 0 bridgehead atoms. The van der Waals surface area contributed by atoms with Gasteiger partial charge < -0.3 is 14.6 Å². The first kappa shape index (κ1) is 20.4. The van der Waals surface area contributed by atoms with Gasteiger partial charge in [0.15, 0.2) is 11.5 Å². The average molecular weight is 410 g/mol. The van der Waals surface area contributed by atoms with E-state index in [1.807, 2.05) is 0 Å². The van der Waals surface area contributed by atoms with Crippen molar-refractivity contribution in [3.8, 4) is 17.2 Å². The molecule has 152 valence electrons. The molecule has 3 rings (SSSR count). The Balaban J connectivity index is 1.67. The summed E-state index contributed by atoms with van der Waals surface area (Å²) in [7, 11) is -0.696. The van der Waals surface area contributed by atoms with Gasteiger partial charge in [0.1, 0.15) is 5.82 Å². The van der Waals surface area contributed by atoms with E-state index in [9.17, 15) is 17.9 Å². The number of nitrogens with zero attached hydrogens (tertiary/aromatic N) is 2. The molecule has 0 atom stereocenters. The van der Waals surface area contributed by atoms with Crippen LogP contribution in [0.4, 0.5) is 4.39 Å². The van der Waals surface area contributed by atoms with Gasteiger partial charge in [-0.15, -0.1) is 0 Å². The topological polar surface area (TPSA) is 79.3 Å². The fourth-order valence-electron chi connectivity index (χ4n) is 3.18. The molecule has 0 amide bonds. The van der Waals surface area contributed by atoms with Crippen molar-refractivity contribution < 1.29 is 27.4 Å². The highest BCUT2D eigenvalue weighted by Crippen LogP contribution is 2.37. The molecule has 9 heteroatoms. The van der Waals surface area contributed by atoms with E-state index in [0.717, 1.165) is 17.7 Å². The van der Waals surface area contributed by atoms with Crippen LogP contribution in [0.25, 0.3) is 0 Å². The van der Waals surface area contributed by atoms with Crippen LogP contribution in [0, 0.1) is 5.82 Å². The molecule has 0 spiro atoms. The van der Waals surface area contributed by atoms with Gasteiger partial charge in [-0.2, -0.15) is 4.31 Å². The number of ether oxygens (including phenoxy) is 2. The second kappa shape index (κ2) is 8.34. The van der Waals surface area contributed by atoms with Crippen molar-refractivity contribution in [2.75, 3.05) is 40.4 Å². The lowest BCUT2D eigenvalue weighted by Gasteiger charge is -2.34. The third-order valence-corrected chi connectivity index (χ3v) is 6.64. The van der Waals surface area contributed by atoms with Crippen molar-refractivity contribution in [3.63, 3.8) is 0 Å². The van der Waals surface area contributed by atoms with E-state index >= 15 is 0 Å². The van der Waals surface area contributed by atoms with Gasteiger partial charge in [-0.3, -0.25) is 4.90 Å². The maximum atomic E-state index is 13.1. The zero-order valence-electron chi connectivity index (χ0n) is 15.8. The molecule has 0 radical (unpaired) electrons. The predicted molar refractivity (Wildman–Crippen MR) is 102 cm³/mol. The number of hydrogen-bond donors (Lipinski definition) is 1. The Kier molecular flexibility index (Phi) is 6.07. The highest BCUT2D eigenvalue weighted by molar-refractivity contribution is 7.89. The van der Waals surface area contributed by atoms with Crippen LogP contribution in [-0.4, -0.2) is 63.1 Å². The molecule has 1 saturated heterocycles. The first-order valence-corrected chi connectivity index (χ1v) is 10.2. The minimum absolute atomic E-state index is 0.0519. The SMILES string of the molecule is COc1cc(CN2CCN(S(=O)(=O)c3ccc(F)cc3)CC2)cc(OC)c1O. The van der Waals surface area contributed by atoms with E-state index in [-0.39, 0.29) is 10.6 Å². The second-order valence-electron chi connectivity index (χ2n) is 6.48. The van der Waals surface area contributed by atoms with Crippen LogP contribution in [0.2, 0.25) is 0 Å². The van der Waals surface area contributed by atoms with Crippen LogP contribution in [0.3, 0.4) is 0 Å². The van der Waals surface area contributed by atoms with Crippen LogP contribution in [-0.2, 0) is 16.6 Å². The van der Waals surface area contributed by atoms with Gasteiger partial charge in [0.25, 0.3) is 0 Å². The summed E-state index contributed by atoms with van der Waals surface area (Å²) in [5.41, 5.74) is 0.890. The normalized spacial score (nSPS) is 16.1. The molecule has 28 heavy (non-hydrogen) atoms. The Hall–Kier alpha value is -2.36. The molecule has 0 saturated carbocycles. The molecule has 1 aliphatic heterocycles. The summed E-state index contributed by atoms with van der Waals surface area (Å²) in [4.78, 5) is 2.21. The van der Waals surface area contributed by atoms with Crippen molar-refractivity contribution in [1.29, 1.82) is 0 Å². The molecule has 0 aromatic heterocycles. The van der Waals surface area contributed by atoms with Crippen molar-refractivity contribution in [3.05, 3.63) is 47.8 Å². The summed E-state index contributed by atoms with van der Waals surface area (Å²) in [6.45, 7) is 2.34. The van der Waals surface area contributed by atoms with E-state index in [4.69, 9.17) is 9.47 Å². The highest BCUT2D eigenvalue weighted by Gasteiger charge is 2.28. The third kappa shape index (κ3) is 4.21. The van der Waals surface area contributed by atoms with Gasteiger partial charge in [0.2, 0.25) is 15.8 Å². The zero-order chi connectivity index (χ0) is 20.3. The van der Waals surface area contributed by atoms with Crippen LogP contribution in [0.5, 0.6) is 17.2 Å². The summed E-state index contributed by atoms with van der Waals surface area (Å²) >= 11 is 0. The molecule has 1 fully saturated rings. The number of rotatable bonds is 6. The number of phenolic OH excluding ortho intramolecular Hbond substituents is 1. The number of benzene rings is 2. The lowest BCUT2D eigenvalue weighted by Crippen LogP contribution is -2.48. The fraction of sp³-hybridized carbons (Fsp3) is 0.368. The van der Waals surface area contributed by atoms with Gasteiger partial charge in [-0.25, -0.2) is 12.8 Å². The van der Waals surface area contributed by atoms with E-state index in [0.29, 0.717) is 44.2 Å². The number of methoxy groups -OCH3 is 2. The van der Waals surface area contributed by atoms with Crippen LogP contribution in [0.15, 0.2) is 41.3 Å². The second-order valence-corrected chi connectivity index (χ2v) is 8.42. The van der Waals surface area contributed by atoms with Crippen LogP contribution < -0.4 is 9.47 Å². The maximum Gasteiger partial charge on any atom is 0.243 e. The molecular formula is C19H23FN2O5S. The van der Waals surface area contributed by atoms with Gasteiger partial charge >= 0.3 is 0 Å². The Morgan fingerprint density at radius 2 is 1.54 bits per heavy atom. The summed E-state index contributed by atoms with van der Waals surface area (Å²) in [5.74, 6) is 0.131. The Morgan fingerprint density at radius 3 is 2.04 bits per heavy atom. The molecule has 2 aromatic carbocycles. The molecule has 0 unspecified atom stereocenters. The van der Waals surface area contributed by atoms with Crippen molar-refractivity contribution in [1.82, 2.24) is 9.21 Å². The van der Waals surface area contributed by atoms with Gasteiger partial charge in [0.05, 0.1) is 19.1 Å². The highest BCUT2D eigenvalue weighted by atomic mass is 32.2. The number of sulfonamides is 1. The maximum absolute atomic E-state index is 13.1. The molecule has 1 aliphatic rings. The summed E-state index contributed by atoms with van der Waals surface area (Å²) in [5, 5.41) is 10.0. The van der Waals surface area contributed by atoms with Gasteiger partial charge in [-0.1, -0.05) is 0 Å². The number of piperazine rings is 1. The van der Waals surface area contributed by atoms with E-state index in [1.54, 1.807) is 12.1 Å². The zero-order valence-corrected chi connectivity index (χ0v) is 16.6. The number of halogens is 1. The summed E-state index contributed by atoms with van der Waals surface area (Å²) < 4.78 is 50.2. The van der Waals surface area contributed by atoms with Crippen molar-refractivity contribution in [2.24, 2.45) is 0 Å². The standard InChI is InChI=1S/C19H23FN2O5S/c1-26-17-11-14(12-18(27-2)19(17)23)13-21-7-9-22(10-8-21)28(24,25)16-5-3-15(20)4-6-16/h3-6,11-12,23H,7-10,13H2,1-2H3. The first-order valence-electron chi connectivity index (χ1n) is 8.77. The van der Waals surface area contributed by atoms with Crippen LogP contribution >= 0.6 is 0 Å². The molecule has 7 nitrogen and oxygen atoms in total. The number of hydrogen-bond acceptors (Lipinski definition) is 6. The largest absolute Gasteiger partial charge is 0.502 e. The fourth-order valence-corrected chi connectivity index (χ4v) is 4.60. The van der Waals surface area contributed by atoms with E-state index < -0.39 is 15.8 Å². The predicted octanol–water partition coefficient (Wildman–Crippen LogP) is 2.06. The summed E-state index contributed by atoms with van der Waals surface area (Å²) in [6, 6.07) is 8.33. The Bertz CT molecular complexity index is 901. The van der Waals surface area contributed by atoms with Crippen molar-refractivity contribution in [2.45, 2.75) is 11.4 Å². The lowest BCUT2D eigenvalue weighted by molar-refractivity contribution is 0.181. The van der Waals surface area contributed by atoms with E-state index in [1.165, 1.54) is 30.7 Å². The quantitative estimate of drug-likeness (QED) is 0.785. The smallest absolute Gasteiger partial charge is 0.243 e.